The van der Waals surface area contributed by atoms with Crippen LogP contribution in [0, 0.1) is 0 Å². The Hall–Kier alpha value is -2.29. The Morgan fingerprint density at radius 2 is 0.811 bits per heavy atom. The average molecular weight is 507 g/mol. The van der Waals surface area contributed by atoms with Crippen molar-refractivity contribution in [2.75, 3.05) is 13.2 Å². The van der Waals surface area contributed by atoms with Crippen molar-refractivity contribution in [2.45, 2.75) is 123 Å². The zero-order valence-corrected chi connectivity index (χ0v) is 23.6. The first-order chi connectivity index (χ1) is 18.2. The van der Waals surface area contributed by atoms with Gasteiger partial charge in [0.1, 0.15) is 11.5 Å². The maximum Gasteiger partial charge on any atom is 0.194 e. The predicted octanol–water partition coefficient (Wildman–Crippen LogP) is 10.3. The van der Waals surface area contributed by atoms with E-state index in [1.807, 2.05) is 36.4 Å². The van der Waals surface area contributed by atoms with Gasteiger partial charge in [-0.05, 0) is 60.4 Å². The van der Waals surface area contributed by atoms with Gasteiger partial charge >= 0.3 is 0 Å². The Bertz CT molecular complexity index is 933. The molecular weight excluding hydrogens is 456 g/mol. The van der Waals surface area contributed by atoms with Crippen molar-refractivity contribution < 1.29 is 14.3 Å². The van der Waals surface area contributed by atoms with Gasteiger partial charge in [0.15, 0.2) is 5.78 Å². The van der Waals surface area contributed by atoms with Gasteiger partial charge in [-0.25, -0.2) is 0 Å². The molecule has 0 fully saturated rings. The molecule has 0 N–H and O–H groups in total. The van der Waals surface area contributed by atoms with E-state index in [0.717, 1.165) is 46.6 Å². The summed E-state index contributed by atoms with van der Waals surface area (Å²) in [5, 5.41) is 0. The molecule has 0 heterocycles. The summed E-state index contributed by atoms with van der Waals surface area (Å²) in [5.41, 5.74) is 3.50. The quantitative estimate of drug-likeness (QED) is 0.135. The third-order valence-corrected chi connectivity index (χ3v) is 7.54. The first kappa shape index (κ1) is 29.3. The van der Waals surface area contributed by atoms with Gasteiger partial charge in [-0.3, -0.25) is 4.79 Å². The van der Waals surface area contributed by atoms with Gasteiger partial charge in [0.2, 0.25) is 0 Å². The van der Waals surface area contributed by atoms with Crippen LogP contribution in [0.3, 0.4) is 0 Å². The Kier molecular flexibility index (Phi) is 13.7. The van der Waals surface area contributed by atoms with Crippen molar-refractivity contribution in [2.24, 2.45) is 0 Å². The third kappa shape index (κ3) is 9.83. The van der Waals surface area contributed by atoms with Gasteiger partial charge in [0, 0.05) is 11.1 Å². The molecule has 37 heavy (non-hydrogen) atoms. The van der Waals surface area contributed by atoms with Crippen LogP contribution in [0.4, 0.5) is 0 Å². The fourth-order valence-electron chi connectivity index (χ4n) is 5.25. The number of hydrogen-bond donors (Lipinski definition) is 0. The van der Waals surface area contributed by atoms with E-state index in [-0.39, 0.29) is 5.78 Å². The van der Waals surface area contributed by atoms with E-state index in [9.17, 15) is 4.79 Å². The maximum atomic E-state index is 13.1. The lowest BCUT2D eigenvalue weighted by atomic mass is 10.1. The summed E-state index contributed by atoms with van der Waals surface area (Å²) in [5.74, 6) is 1.67. The number of unbranched alkanes of at least 4 members (excludes halogenated alkanes) is 15. The Morgan fingerprint density at radius 1 is 0.459 bits per heavy atom. The van der Waals surface area contributed by atoms with Crippen molar-refractivity contribution in [3.05, 3.63) is 47.5 Å². The van der Waals surface area contributed by atoms with Gasteiger partial charge < -0.3 is 9.47 Å². The number of carbonyl (C=O) groups is 1. The first-order valence-corrected chi connectivity index (χ1v) is 15.3. The van der Waals surface area contributed by atoms with Gasteiger partial charge in [-0.2, -0.15) is 0 Å². The molecule has 0 atom stereocenters. The zero-order valence-electron chi connectivity index (χ0n) is 23.6. The number of rotatable bonds is 21. The second-order valence-electron chi connectivity index (χ2n) is 10.7. The molecule has 0 saturated carbocycles. The molecule has 0 bridgehead atoms. The molecule has 3 heteroatoms. The second-order valence-corrected chi connectivity index (χ2v) is 10.7. The van der Waals surface area contributed by atoms with E-state index in [1.165, 1.54) is 96.3 Å². The molecule has 0 unspecified atom stereocenters. The fourth-order valence-corrected chi connectivity index (χ4v) is 5.25. The van der Waals surface area contributed by atoms with E-state index < -0.39 is 0 Å². The highest BCUT2D eigenvalue weighted by Crippen LogP contribution is 2.40. The van der Waals surface area contributed by atoms with Crippen LogP contribution in [-0.4, -0.2) is 19.0 Å². The van der Waals surface area contributed by atoms with Crippen LogP contribution in [-0.2, 0) is 0 Å². The number of ether oxygens (including phenoxy) is 2. The molecule has 2 aromatic rings. The number of fused-ring (bicyclic) bond motifs is 3. The summed E-state index contributed by atoms with van der Waals surface area (Å²) in [7, 11) is 0. The molecule has 0 aromatic heterocycles. The predicted molar refractivity (Wildman–Crippen MR) is 156 cm³/mol. The number of hydrogen-bond acceptors (Lipinski definition) is 3. The topological polar surface area (TPSA) is 35.5 Å². The lowest BCUT2D eigenvalue weighted by Gasteiger charge is -2.08. The minimum absolute atomic E-state index is 0.0780. The van der Waals surface area contributed by atoms with E-state index in [1.54, 1.807) is 0 Å². The van der Waals surface area contributed by atoms with Gasteiger partial charge in [0.05, 0.1) is 13.2 Å². The molecule has 204 valence electrons. The Balaban J connectivity index is 1.33. The molecular formula is C34H50O3. The second kappa shape index (κ2) is 17.3. The van der Waals surface area contributed by atoms with Crippen LogP contribution in [0.15, 0.2) is 36.4 Å². The summed E-state index contributed by atoms with van der Waals surface area (Å²) < 4.78 is 11.9. The summed E-state index contributed by atoms with van der Waals surface area (Å²) >= 11 is 0. The first-order valence-electron chi connectivity index (χ1n) is 15.3. The van der Waals surface area contributed by atoms with Crippen LogP contribution in [0.5, 0.6) is 11.5 Å². The molecule has 0 spiro atoms. The van der Waals surface area contributed by atoms with Gasteiger partial charge in [-0.1, -0.05) is 110 Å². The summed E-state index contributed by atoms with van der Waals surface area (Å²) in [6.45, 7) is 5.93. The molecule has 0 amide bonds. The Labute approximate surface area is 226 Å². The van der Waals surface area contributed by atoms with Crippen LogP contribution in [0.1, 0.15) is 139 Å². The number of benzene rings is 2. The number of carbonyl (C=O) groups excluding carboxylic acids is 1. The van der Waals surface area contributed by atoms with E-state index in [0.29, 0.717) is 13.2 Å². The lowest BCUT2D eigenvalue weighted by molar-refractivity contribution is 0.104. The molecule has 0 radical (unpaired) electrons. The smallest absolute Gasteiger partial charge is 0.194 e. The zero-order chi connectivity index (χ0) is 26.1. The van der Waals surface area contributed by atoms with E-state index in [2.05, 4.69) is 13.8 Å². The number of ketones is 1. The van der Waals surface area contributed by atoms with Crippen LogP contribution in [0.2, 0.25) is 0 Å². The standard InChI is InChI=1S/C34H50O3/c1-3-5-7-9-10-11-12-13-14-15-17-19-25-37-29-21-23-31-30-22-20-28(36-24-18-16-8-6-4-2)26-32(30)34(35)33(31)27-29/h20-23,26-27H,3-19,24-25H2,1-2H3. The third-order valence-electron chi connectivity index (χ3n) is 7.54. The van der Waals surface area contributed by atoms with Crippen molar-refractivity contribution in [1.82, 2.24) is 0 Å². The molecule has 1 aliphatic carbocycles. The molecule has 1 aliphatic rings. The minimum atomic E-state index is 0.0780. The molecule has 3 rings (SSSR count). The molecule has 0 saturated heterocycles. The molecule has 0 aliphatic heterocycles. The van der Waals surface area contributed by atoms with Crippen molar-refractivity contribution >= 4 is 5.78 Å². The van der Waals surface area contributed by atoms with E-state index >= 15 is 0 Å². The highest BCUT2D eigenvalue weighted by molar-refractivity contribution is 6.22. The van der Waals surface area contributed by atoms with Crippen LogP contribution < -0.4 is 9.47 Å². The van der Waals surface area contributed by atoms with Crippen molar-refractivity contribution in [3.63, 3.8) is 0 Å². The van der Waals surface area contributed by atoms with Crippen molar-refractivity contribution in [1.29, 1.82) is 0 Å². The monoisotopic (exact) mass is 506 g/mol. The summed E-state index contributed by atoms with van der Waals surface area (Å²) in [6, 6.07) is 11.9. The normalized spacial score (nSPS) is 12.0. The van der Waals surface area contributed by atoms with Crippen LogP contribution >= 0.6 is 0 Å². The van der Waals surface area contributed by atoms with Crippen LogP contribution in [0.25, 0.3) is 11.1 Å². The maximum absolute atomic E-state index is 13.1. The minimum Gasteiger partial charge on any atom is -0.494 e. The lowest BCUT2D eigenvalue weighted by Crippen LogP contribution is -2.01. The average Bonchev–Trinajstić information content (AvgIpc) is 3.19. The largest absolute Gasteiger partial charge is 0.494 e. The Morgan fingerprint density at radius 3 is 1.19 bits per heavy atom. The van der Waals surface area contributed by atoms with Gasteiger partial charge in [0.25, 0.3) is 0 Å². The summed E-state index contributed by atoms with van der Waals surface area (Å²) in [4.78, 5) is 13.1. The van der Waals surface area contributed by atoms with E-state index in [4.69, 9.17) is 9.47 Å². The highest BCUT2D eigenvalue weighted by Gasteiger charge is 2.27. The SMILES string of the molecule is CCCCCCCCCCCCCCOc1ccc2c(c1)C(=O)c1cc(OCCCCCCC)ccc1-2. The summed E-state index contributed by atoms with van der Waals surface area (Å²) in [6.07, 6.45) is 22.1. The molecule has 3 nitrogen and oxygen atoms in total. The fraction of sp³-hybridized carbons (Fsp3) is 0.618. The molecule has 2 aromatic carbocycles. The van der Waals surface area contributed by atoms with Crippen molar-refractivity contribution in [3.8, 4) is 22.6 Å². The van der Waals surface area contributed by atoms with Gasteiger partial charge in [-0.15, -0.1) is 0 Å². The highest BCUT2D eigenvalue weighted by atomic mass is 16.5.